The van der Waals surface area contributed by atoms with Crippen molar-refractivity contribution in [3.8, 4) is 17.2 Å². The molecule has 1 aromatic rings. The van der Waals surface area contributed by atoms with Crippen molar-refractivity contribution in [1.29, 1.82) is 0 Å². The zero-order valence-corrected chi connectivity index (χ0v) is 20.3. The molecule has 0 fully saturated rings. The number of ether oxygens (including phenoxy) is 1. The normalized spacial score (nSPS) is 11.9. The number of benzene rings is 1. The first-order chi connectivity index (χ1) is 12.7. The molecule has 0 radical (unpaired) electrons. The molecular formula is C25H42OSi. The summed E-state index contributed by atoms with van der Waals surface area (Å²) in [4.78, 5) is 0. The van der Waals surface area contributed by atoms with Crippen LogP contribution in [0.25, 0.3) is 0 Å². The molecule has 2 heteroatoms. The van der Waals surface area contributed by atoms with Crippen LogP contribution in [0.5, 0.6) is 5.75 Å². The van der Waals surface area contributed by atoms with Gasteiger partial charge in [0.05, 0.1) is 6.61 Å². The molecule has 0 saturated heterocycles. The Kier molecular flexibility index (Phi) is 9.67. The Morgan fingerprint density at radius 3 is 1.81 bits per heavy atom. The first kappa shape index (κ1) is 23.8. The van der Waals surface area contributed by atoms with E-state index < -0.39 is 8.07 Å². The maximum atomic E-state index is 5.99. The molecule has 152 valence electrons. The first-order valence-electron chi connectivity index (χ1n) is 10.9. The van der Waals surface area contributed by atoms with E-state index in [9.17, 15) is 0 Å². The van der Waals surface area contributed by atoms with E-state index in [4.69, 9.17) is 4.74 Å². The topological polar surface area (TPSA) is 9.23 Å². The molecule has 0 saturated carbocycles. The fraction of sp³-hybridized carbons (Fsp3) is 0.680. The molecule has 0 heterocycles. The molecule has 0 spiro atoms. The minimum absolute atomic E-state index is 0.663. The van der Waals surface area contributed by atoms with Crippen molar-refractivity contribution in [1.82, 2.24) is 0 Å². The summed E-state index contributed by atoms with van der Waals surface area (Å²) in [5.74, 6) is 4.63. The van der Waals surface area contributed by atoms with Gasteiger partial charge < -0.3 is 4.74 Å². The quantitative estimate of drug-likeness (QED) is 0.239. The predicted octanol–water partition coefficient (Wildman–Crippen LogP) is 7.83. The van der Waals surface area contributed by atoms with Crippen molar-refractivity contribution >= 4 is 8.07 Å². The summed E-state index contributed by atoms with van der Waals surface area (Å²) >= 11 is 0. The van der Waals surface area contributed by atoms with Gasteiger partial charge in [-0.25, -0.2) is 0 Å². The fourth-order valence-electron chi connectivity index (χ4n) is 4.53. The lowest BCUT2D eigenvalue weighted by molar-refractivity contribution is 0.304. The Bertz CT molecular complexity index is 601. The van der Waals surface area contributed by atoms with E-state index in [2.05, 4.69) is 85.9 Å². The third-order valence-electron chi connectivity index (χ3n) is 6.04. The molecule has 0 aliphatic carbocycles. The van der Waals surface area contributed by atoms with E-state index in [1.807, 2.05) is 0 Å². The van der Waals surface area contributed by atoms with Crippen LogP contribution in [0.1, 0.15) is 90.8 Å². The fourth-order valence-corrected chi connectivity index (χ4v) is 9.73. The van der Waals surface area contributed by atoms with Crippen LogP contribution in [0.15, 0.2) is 12.1 Å². The minimum Gasteiger partial charge on any atom is -0.494 e. The smallest absolute Gasteiger partial charge is 0.146 e. The predicted molar refractivity (Wildman–Crippen MR) is 123 cm³/mol. The molecule has 1 aromatic carbocycles. The summed E-state index contributed by atoms with van der Waals surface area (Å²) < 4.78 is 5.99. The van der Waals surface area contributed by atoms with E-state index in [0.29, 0.717) is 16.6 Å². The zero-order valence-electron chi connectivity index (χ0n) is 19.3. The van der Waals surface area contributed by atoms with Crippen LogP contribution in [-0.4, -0.2) is 14.7 Å². The van der Waals surface area contributed by atoms with Crippen LogP contribution >= 0.6 is 0 Å². The average molecular weight is 387 g/mol. The number of unbranched alkanes of at least 4 members (excludes halogenated alkanes) is 3. The Morgan fingerprint density at radius 2 is 1.37 bits per heavy atom. The Labute approximate surface area is 170 Å². The summed E-state index contributed by atoms with van der Waals surface area (Å²) in [5.41, 5.74) is 9.54. The van der Waals surface area contributed by atoms with Gasteiger partial charge in [0.1, 0.15) is 13.8 Å². The van der Waals surface area contributed by atoms with Crippen molar-refractivity contribution in [2.24, 2.45) is 0 Å². The summed E-state index contributed by atoms with van der Waals surface area (Å²) in [7, 11) is -1.70. The van der Waals surface area contributed by atoms with Gasteiger partial charge in [0.15, 0.2) is 0 Å². The Morgan fingerprint density at radius 1 is 0.852 bits per heavy atom. The number of rotatable bonds is 9. The van der Waals surface area contributed by atoms with E-state index in [1.165, 1.54) is 36.0 Å². The first-order valence-corrected chi connectivity index (χ1v) is 13.2. The third kappa shape index (κ3) is 6.14. The van der Waals surface area contributed by atoms with Crippen molar-refractivity contribution in [3.05, 3.63) is 28.8 Å². The average Bonchev–Trinajstić information content (AvgIpc) is 2.56. The molecule has 0 amide bonds. The third-order valence-corrected chi connectivity index (χ3v) is 12.3. The molecule has 0 atom stereocenters. The Hall–Kier alpha value is -1.20. The molecule has 1 rings (SSSR count). The second kappa shape index (κ2) is 11.0. The van der Waals surface area contributed by atoms with Gasteiger partial charge in [0, 0.05) is 5.56 Å². The highest BCUT2D eigenvalue weighted by Crippen LogP contribution is 2.40. The van der Waals surface area contributed by atoms with Gasteiger partial charge in [0.2, 0.25) is 0 Å². The molecule has 0 aromatic heterocycles. The molecule has 27 heavy (non-hydrogen) atoms. The van der Waals surface area contributed by atoms with Crippen molar-refractivity contribution in [2.75, 3.05) is 6.61 Å². The van der Waals surface area contributed by atoms with E-state index in [-0.39, 0.29) is 0 Å². The maximum Gasteiger partial charge on any atom is 0.146 e. The maximum absolute atomic E-state index is 5.99. The zero-order chi connectivity index (χ0) is 20.6. The van der Waals surface area contributed by atoms with Gasteiger partial charge in [-0.3, -0.25) is 0 Å². The summed E-state index contributed by atoms with van der Waals surface area (Å²) in [6.45, 7) is 21.6. The van der Waals surface area contributed by atoms with E-state index in [1.54, 1.807) is 0 Å². The lowest BCUT2D eigenvalue weighted by atomic mass is 10.0. The highest BCUT2D eigenvalue weighted by molar-refractivity contribution is 6.90. The van der Waals surface area contributed by atoms with Crippen LogP contribution in [-0.2, 0) is 0 Å². The highest BCUT2D eigenvalue weighted by Gasteiger charge is 2.41. The lowest BCUT2D eigenvalue weighted by Crippen LogP contribution is -2.43. The van der Waals surface area contributed by atoms with Crippen LogP contribution in [0.3, 0.4) is 0 Å². The van der Waals surface area contributed by atoms with Crippen LogP contribution in [0, 0.1) is 25.3 Å². The summed E-state index contributed by atoms with van der Waals surface area (Å²) in [6, 6.07) is 4.33. The Balaban J connectivity index is 3.07. The molecule has 0 bridgehead atoms. The van der Waals surface area contributed by atoms with Crippen LogP contribution in [0.4, 0.5) is 0 Å². The molecule has 0 N–H and O–H groups in total. The molecule has 0 aliphatic rings. The lowest BCUT2D eigenvalue weighted by Gasteiger charge is -2.38. The van der Waals surface area contributed by atoms with E-state index in [0.717, 1.165) is 18.8 Å². The summed E-state index contributed by atoms with van der Waals surface area (Å²) in [5, 5.41) is 0. The summed E-state index contributed by atoms with van der Waals surface area (Å²) in [6.07, 6.45) is 4.95. The second-order valence-electron chi connectivity index (χ2n) is 8.99. The standard InChI is InChI=1S/C25H42OSi/c1-10-11-12-13-15-26-24-17-22(8)25(23(9)18-24)14-16-27(19(2)3,20(4)5)21(6)7/h17-21H,10-13,15H2,1-9H3. The van der Waals surface area contributed by atoms with Gasteiger partial charge in [-0.15, -0.1) is 5.54 Å². The van der Waals surface area contributed by atoms with Gasteiger partial charge >= 0.3 is 0 Å². The van der Waals surface area contributed by atoms with Crippen LogP contribution in [0.2, 0.25) is 16.6 Å². The number of hydrogen-bond acceptors (Lipinski definition) is 1. The monoisotopic (exact) mass is 386 g/mol. The highest BCUT2D eigenvalue weighted by atomic mass is 28.3. The van der Waals surface area contributed by atoms with E-state index >= 15 is 0 Å². The number of aryl methyl sites for hydroxylation is 2. The minimum atomic E-state index is -1.70. The van der Waals surface area contributed by atoms with Gasteiger partial charge in [-0.1, -0.05) is 73.6 Å². The van der Waals surface area contributed by atoms with Crippen LogP contribution < -0.4 is 4.74 Å². The van der Waals surface area contributed by atoms with Gasteiger partial charge in [0.25, 0.3) is 0 Å². The van der Waals surface area contributed by atoms with Crippen molar-refractivity contribution in [3.63, 3.8) is 0 Å². The van der Waals surface area contributed by atoms with Crippen molar-refractivity contribution < 1.29 is 4.74 Å². The SMILES string of the molecule is CCCCCCOc1cc(C)c(C#C[Si](C(C)C)(C(C)C)C(C)C)c(C)c1. The molecule has 1 nitrogen and oxygen atoms in total. The van der Waals surface area contributed by atoms with Gasteiger partial charge in [-0.05, 0) is 60.2 Å². The van der Waals surface area contributed by atoms with Gasteiger partial charge in [-0.2, -0.15) is 0 Å². The molecule has 0 aliphatic heterocycles. The molecular weight excluding hydrogens is 344 g/mol. The molecule has 0 unspecified atom stereocenters. The number of hydrogen-bond donors (Lipinski definition) is 0. The largest absolute Gasteiger partial charge is 0.494 e. The van der Waals surface area contributed by atoms with Crippen molar-refractivity contribution in [2.45, 2.75) is 105 Å². The second-order valence-corrected chi connectivity index (χ2v) is 14.6.